The van der Waals surface area contributed by atoms with E-state index in [9.17, 15) is 0 Å². The summed E-state index contributed by atoms with van der Waals surface area (Å²) in [6.07, 6.45) is 3.20. The molecule has 0 spiro atoms. The SMILES string of the molecule is CCCC1=C(CCCl)SCCO1. The number of hydrogen-bond acceptors (Lipinski definition) is 2. The monoisotopic (exact) mass is 206 g/mol. The molecule has 1 rings (SSSR count). The van der Waals surface area contributed by atoms with Crippen molar-refractivity contribution >= 4 is 23.4 Å². The zero-order valence-electron chi connectivity index (χ0n) is 7.44. The summed E-state index contributed by atoms with van der Waals surface area (Å²) >= 11 is 7.60. The van der Waals surface area contributed by atoms with Gasteiger partial charge in [-0.25, -0.2) is 0 Å². The van der Waals surface area contributed by atoms with Crippen LogP contribution >= 0.6 is 23.4 Å². The molecule has 1 aliphatic heterocycles. The predicted octanol–water partition coefficient (Wildman–Crippen LogP) is 3.39. The van der Waals surface area contributed by atoms with Gasteiger partial charge in [0.1, 0.15) is 5.76 Å². The quantitative estimate of drug-likeness (QED) is 0.653. The minimum Gasteiger partial charge on any atom is -0.496 e. The Kier molecular flexibility index (Phi) is 4.93. The molecule has 0 saturated carbocycles. The predicted molar refractivity (Wildman–Crippen MR) is 55.7 cm³/mol. The molecule has 0 amide bonds. The zero-order valence-corrected chi connectivity index (χ0v) is 9.01. The summed E-state index contributed by atoms with van der Waals surface area (Å²) in [5.41, 5.74) is 0. The standard InChI is InChI=1S/C9H15ClOS/c1-2-3-8-9(4-5-10)12-7-6-11-8/h2-7H2,1H3. The van der Waals surface area contributed by atoms with Crippen molar-refractivity contribution in [2.75, 3.05) is 18.2 Å². The maximum atomic E-state index is 5.70. The fraction of sp³-hybridized carbons (Fsp3) is 0.778. The molecule has 0 atom stereocenters. The number of ether oxygens (including phenoxy) is 1. The largest absolute Gasteiger partial charge is 0.496 e. The van der Waals surface area contributed by atoms with Crippen LogP contribution in [0.25, 0.3) is 0 Å². The summed E-state index contributed by atoms with van der Waals surface area (Å²) in [7, 11) is 0. The van der Waals surface area contributed by atoms with Gasteiger partial charge in [-0.3, -0.25) is 0 Å². The van der Waals surface area contributed by atoms with Crippen LogP contribution in [0.4, 0.5) is 0 Å². The Morgan fingerprint density at radius 2 is 2.33 bits per heavy atom. The van der Waals surface area contributed by atoms with E-state index >= 15 is 0 Å². The highest BCUT2D eigenvalue weighted by molar-refractivity contribution is 8.03. The number of alkyl halides is 1. The summed E-state index contributed by atoms with van der Waals surface area (Å²) < 4.78 is 5.58. The third kappa shape index (κ3) is 2.91. The maximum absolute atomic E-state index is 5.70. The topological polar surface area (TPSA) is 9.23 Å². The van der Waals surface area contributed by atoms with Crippen LogP contribution in [-0.2, 0) is 4.74 Å². The van der Waals surface area contributed by atoms with Crippen LogP contribution in [0.3, 0.4) is 0 Å². The molecule has 0 aromatic rings. The number of allylic oxidation sites excluding steroid dienone is 2. The van der Waals surface area contributed by atoms with Crippen molar-refractivity contribution in [2.45, 2.75) is 26.2 Å². The van der Waals surface area contributed by atoms with Gasteiger partial charge in [-0.1, -0.05) is 6.92 Å². The van der Waals surface area contributed by atoms with Gasteiger partial charge in [0.05, 0.1) is 6.61 Å². The molecule has 12 heavy (non-hydrogen) atoms. The second kappa shape index (κ2) is 5.76. The molecule has 0 saturated heterocycles. The van der Waals surface area contributed by atoms with Gasteiger partial charge in [0, 0.05) is 23.0 Å². The number of rotatable bonds is 4. The van der Waals surface area contributed by atoms with Gasteiger partial charge < -0.3 is 4.74 Å². The average molecular weight is 207 g/mol. The van der Waals surface area contributed by atoms with E-state index in [-0.39, 0.29) is 0 Å². The van der Waals surface area contributed by atoms with E-state index in [4.69, 9.17) is 16.3 Å². The minimum absolute atomic E-state index is 0.707. The van der Waals surface area contributed by atoms with Crippen LogP contribution in [0.1, 0.15) is 26.2 Å². The molecule has 1 aliphatic rings. The van der Waals surface area contributed by atoms with Crippen molar-refractivity contribution < 1.29 is 4.74 Å². The molecule has 0 aromatic heterocycles. The molecular formula is C9H15ClOS. The van der Waals surface area contributed by atoms with E-state index in [0.717, 1.165) is 31.6 Å². The molecule has 3 heteroatoms. The summed E-state index contributed by atoms with van der Waals surface area (Å²) in [5, 5.41) is 0. The fourth-order valence-electron chi connectivity index (χ4n) is 1.23. The Balaban J connectivity index is 2.55. The first-order valence-corrected chi connectivity index (χ1v) is 5.94. The summed E-state index contributed by atoms with van der Waals surface area (Å²) in [4.78, 5) is 1.37. The number of thioether (sulfide) groups is 1. The lowest BCUT2D eigenvalue weighted by atomic mass is 10.2. The molecule has 0 aliphatic carbocycles. The van der Waals surface area contributed by atoms with Crippen LogP contribution in [0.5, 0.6) is 0 Å². The molecule has 0 bridgehead atoms. The highest BCUT2D eigenvalue weighted by Crippen LogP contribution is 2.30. The molecule has 1 nitrogen and oxygen atoms in total. The molecule has 0 radical (unpaired) electrons. The Morgan fingerprint density at radius 1 is 1.50 bits per heavy atom. The molecule has 1 heterocycles. The second-order valence-electron chi connectivity index (χ2n) is 2.73. The molecular weight excluding hydrogens is 192 g/mol. The lowest BCUT2D eigenvalue weighted by Crippen LogP contribution is -2.07. The lowest BCUT2D eigenvalue weighted by Gasteiger charge is -2.20. The van der Waals surface area contributed by atoms with E-state index in [1.54, 1.807) is 0 Å². The molecule has 0 aromatic carbocycles. The molecule has 0 N–H and O–H groups in total. The van der Waals surface area contributed by atoms with E-state index in [1.165, 1.54) is 10.7 Å². The van der Waals surface area contributed by atoms with Crippen molar-refractivity contribution in [3.63, 3.8) is 0 Å². The van der Waals surface area contributed by atoms with Gasteiger partial charge in [-0.15, -0.1) is 23.4 Å². The third-order valence-electron chi connectivity index (χ3n) is 1.75. The number of halogens is 1. The summed E-state index contributed by atoms with van der Waals surface area (Å²) in [6, 6.07) is 0. The van der Waals surface area contributed by atoms with Gasteiger partial charge in [-0.05, 0) is 12.8 Å². The van der Waals surface area contributed by atoms with E-state index < -0.39 is 0 Å². The van der Waals surface area contributed by atoms with Gasteiger partial charge in [0.25, 0.3) is 0 Å². The summed E-state index contributed by atoms with van der Waals surface area (Å²) in [5.74, 6) is 2.98. The minimum atomic E-state index is 0.707. The lowest BCUT2D eigenvalue weighted by molar-refractivity contribution is 0.215. The van der Waals surface area contributed by atoms with E-state index in [1.807, 2.05) is 11.8 Å². The van der Waals surface area contributed by atoms with Crippen molar-refractivity contribution in [3.05, 3.63) is 10.7 Å². The highest BCUT2D eigenvalue weighted by Gasteiger charge is 2.12. The normalized spacial score (nSPS) is 17.8. The first-order valence-electron chi connectivity index (χ1n) is 4.42. The smallest absolute Gasteiger partial charge is 0.105 e. The Hall–Kier alpha value is 0.180. The van der Waals surface area contributed by atoms with Crippen molar-refractivity contribution in [1.82, 2.24) is 0 Å². The first kappa shape index (κ1) is 10.3. The van der Waals surface area contributed by atoms with Crippen molar-refractivity contribution in [1.29, 1.82) is 0 Å². The second-order valence-corrected chi connectivity index (χ2v) is 4.30. The molecule has 0 fully saturated rings. The summed E-state index contributed by atoms with van der Waals surface area (Å²) in [6.45, 7) is 3.04. The van der Waals surface area contributed by atoms with E-state index in [2.05, 4.69) is 6.92 Å². The molecule has 70 valence electrons. The van der Waals surface area contributed by atoms with Crippen LogP contribution in [-0.4, -0.2) is 18.2 Å². The number of hydrogen-bond donors (Lipinski definition) is 0. The van der Waals surface area contributed by atoms with Gasteiger partial charge in [0.15, 0.2) is 0 Å². The third-order valence-corrected chi connectivity index (χ3v) is 3.09. The van der Waals surface area contributed by atoms with Crippen LogP contribution in [0.2, 0.25) is 0 Å². The maximum Gasteiger partial charge on any atom is 0.105 e. The van der Waals surface area contributed by atoms with Gasteiger partial charge in [0.2, 0.25) is 0 Å². The Labute approximate surface area is 83.5 Å². The Bertz CT molecular complexity index is 150. The van der Waals surface area contributed by atoms with Gasteiger partial charge in [-0.2, -0.15) is 0 Å². The van der Waals surface area contributed by atoms with Crippen LogP contribution in [0, 0.1) is 0 Å². The fourth-order valence-corrected chi connectivity index (χ4v) is 2.51. The zero-order chi connectivity index (χ0) is 8.81. The van der Waals surface area contributed by atoms with Crippen molar-refractivity contribution in [3.8, 4) is 0 Å². The molecule has 0 unspecified atom stereocenters. The van der Waals surface area contributed by atoms with Crippen LogP contribution < -0.4 is 0 Å². The average Bonchev–Trinajstić information content (AvgIpc) is 2.09. The first-order chi connectivity index (χ1) is 5.88. The highest BCUT2D eigenvalue weighted by atomic mass is 35.5. The van der Waals surface area contributed by atoms with E-state index in [0.29, 0.717) is 5.88 Å². The van der Waals surface area contributed by atoms with Crippen LogP contribution in [0.15, 0.2) is 10.7 Å². The van der Waals surface area contributed by atoms with Gasteiger partial charge >= 0.3 is 0 Å². The Morgan fingerprint density at radius 3 is 3.00 bits per heavy atom. The van der Waals surface area contributed by atoms with Crippen molar-refractivity contribution in [2.24, 2.45) is 0 Å².